The number of methoxy groups -OCH3 is 2. The van der Waals surface area contributed by atoms with Crippen LogP contribution in [-0.4, -0.2) is 14.2 Å². The maximum Gasteiger partial charge on any atom is 0.212 e. The summed E-state index contributed by atoms with van der Waals surface area (Å²) in [7, 11) is 5.35. The van der Waals surface area contributed by atoms with E-state index in [4.69, 9.17) is 9.47 Å². The van der Waals surface area contributed by atoms with E-state index in [1.165, 1.54) is 16.5 Å². The van der Waals surface area contributed by atoms with E-state index < -0.39 is 0 Å². The summed E-state index contributed by atoms with van der Waals surface area (Å²) in [5.41, 5.74) is 3.47. The van der Waals surface area contributed by atoms with Gasteiger partial charge in [-0.15, -0.1) is 0 Å². The molecule has 0 bridgehead atoms. The van der Waals surface area contributed by atoms with E-state index in [1.807, 2.05) is 18.2 Å². The largest absolute Gasteiger partial charge is 1.00 e. The molecular weight excluding hydrogens is 413 g/mol. The van der Waals surface area contributed by atoms with Crippen molar-refractivity contribution in [3.8, 4) is 11.5 Å². The van der Waals surface area contributed by atoms with Crippen LogP contribution in [0.1, 0.15) is 11.1 Å². The second-order valence-corrected chi connectivity index (χ2v) is 5.35. The van der Waals surface area contributed by atoms with Gasteiger partial charge in [-0.2, -0.15) is 0 Å². The Morgan fingerprint density at radius 1 is 0.875 bits per heavy atom. The lowest BCUT2D eigenvalue weighted by Gasteiger charge is -2.07. The molecule has 3 rings (SSSR count). The van der Waals surface area contributed by atoms with Gasteiger partial charge in [-0.1, -0.05) is 30.4 Å². The SMILES string of the molecule is COc1ccc(C=Cc2cc[n+](C)c3ccccc23)cc1OC.[I-]. The number of hydrogen-bond donors (Lipinski definition) is 0. The number of aromatic nitrogens is 1. The minimum atomic E-state index is 0. The van der Waals surface area contributed by atoms with Crippen LogP contribution >= 0.6 is 0 Å². The molecule has 0 spiro atoms. The molecular formula is C20H20INO2. The summed E-state index contributed by atoms with van der Waals surface area (Å²) >= 11 is 0. The van der Waals surface area contributed by atoms with E-state index in [0.29, 0.717) is 0 Å². The molecule has 0 saturated carbocycles. The highest BCUT2D eigenvalue weighted by Gasteiger charge is 2.07. The lowest BCUT2D eigenvalue weighted by molar-refractivity contribution is -0.644. The molecule has 1 heterocycles. The lowest BCUT2D eigenvalue weighted by atomic mass is 10.1. The van der Waals surface area contributed by atoms with Gasteiger partial charge in [-0.3, -0.25) is 0 Å². The van der Waals surface area contributed by atoms with E-state index in [2.05, 4.69) is 60.3 Å². The fourth-order valence-corrected chi connectivity index (χ4v) is 2.68. The monoisotopic (exact) mass is 433 g/mol. The average molecular weight is 433 g/mol. The number of nitrogens with zero attached hydrogens (tertiary/aromatic N) is 1. The van der Waals surface area contributed by atoms with Gasteiger partial charge in [-0.25, -0.2) is 4.57 Å². The first-order valence-corrected chi connectivity index (χ1v) is 7.50. The molecule has 0 amide bonds. The van der Waals surface area contributed by atoms with Gasteiger partial charge in [0.1, 0.15) is 7.05 Å². The van der Waals surface area contributed by atoms with Crippen molar-refractivity contribution in [1.29, 1.82) is 0 Å². The molecule has 3 aromatic rings. The maximum absolute atomic E-state index is 5.35. The number of ether oxygens (including phenoxy) is 2. The van der Waals surface area contributed by atoms with Crippen molar-refractivity contribution < 1.29 is 38.0 Å². The molecule has 2 aromatic carbocycles. The van der Waals surface area contributed by atoms with Crippen molar-refractivity contribution >= 4 is 23.1 Å². The van der Waals surface area contributed by atoms with Crippen LogP contribution in [0.15, 0.2) is 54.7 Å². The van der Waals surface area contributed by atoms with Crippen molar-refractivity contribution in [3.63, 3.8) is 0 Å². The van der Waals surface area contributed by atoms with Crippen LogP contribution in [0.25, 0.3) is 23.1 Å². The van der Waals surface area contributed by atoms with Gasteiger partial charge in [0.15, 0.2) is 17.7 Å². The van der Waals surface area contributed by atoms with Crippen molar-refractivity contribution in [3.05, 3.63) is 65.9 Å². The molecule has 0 aliphatic rings. The highest BCUT2D eigenvalue weighted by Crippen LogP contribution is 2.28. The number of benzene rings is 2. The Morgan fingerprint density at radius 2 is 1.62 bits per heavy atom. The van der Waals surface area contributed by atoms with Crippen molar-refractivity contribution in [2.24, 2.45) is 7.05 Å². The predicted octanol–water partition coefficient (Wildman–Crippen LogP) is 0.856. The predicted molar refractivity (Wildman–Crippen MR) is 93.6 cm³/mol. The first kappa shape index (κ1) is 18.3. The molecule has 0 saturated heterocycles. The molecule has 0 radical (unpaired) electrons. The molecule has 0 aliphatic heterocycles. The van der Waals surface area contributed by atoms with Gasteiger partial charge >= 0.3 is 0 Å². The fourth-order valence-electron chi connectivity index (χ4n) is 2.68. The van der Waals surface area contributed by atoms with Crippen LogP contribution in [0.2, 0.25) is 0 Å². The van der Waals surface area contributed by atoms with Gasteiger partial charge in [0, 0.05) is 12.1 Å². The van der Waals surface area contributed by atoms with Gasteiger partial charge in [-0.05, 0) is 29.3 Å². The molecule has 0 unspecified atom stereocenters. The third-order valence-electron chi connectivity index (χ3n) is 3.94. The first-order valence-electron chi connectivity index (χ1n) is 7.50. The summed E-state index contributed by atoms with van der Waals surface area (Å²) in [4.78, 5) is 0. The smallest absolute Gasteiger partial charge is 0.212 e. The van der Waals surface area contributed by atoms with Crippen LogP contribution in [-0.2, 0) is 7.05 Å². The zero-order chi connectivity index (χ0) is 16.2. The van der Waals surface area contributed by atoms with Gasteiger partial charge in [0.05, 0.1) is 19.6 Å². The molecule has 0 aliphatic carbocycles. The zero-order valence-electron chi connectivity index (χ0n) is 14.0. The summed E-state index contributed by atoms with van der Waals surface area (Å²) in [6, 6.07) is 16.4. The van der Waals surface area contributed by atoms with Crippen LogP contribution in [0.5, 0.6) is 11.5 Å². The van der Waals surface area contributed by atoms with E-state index in [-0.39, 0.29) is 24.0 Å². The van der Waals surface area contributed by atoms with Crippen LogP contribution in [0.4, 0.5) is 0 Å². The number of pyridine rings is 1. The summed E-state index contributed by atoms with van der Waals surface area (Å²) in [6.07, 6.45) is 6.30. The second kappa shape index (κ2) is 8.15. The molecule has 24 heavy (non-hydrogen) atoms. The van der Waals surface area contributed by atoms with Crippen molar-refractivity contribution in [2.45, 2.75) is 0 Å². The molecule has 0 N–H and O–H groups in total. The Labute approximate surface area is 159 Å². The fraction of sp³-hybridized carbons (Fsp3) is 0.150. The highest BCUT2D eigenvalue weighted by atomic mass is 127. The number of aryl methyl sites for hydroxylation is 1. The molecule has 3 nitrogen and oxygen atoms in total. The minimum Gasteiger partial charge on any atom is -1.00 e. The molecule has 124 valence electrons. The lowest BCUT2D eigenvalue weighted by Crippen LogP contribution is -3.00. The van der Waals surface area contributed by atoms with Crippen LogP contribution in [0.3, 0.4) is 0 Å². The minimum absolute atomic E-state index is 0. The Hall–Kier alpha value is -2.08. The Bertz CT molecular complexity index is 875. The third-order valence-corrected chi connectivity index (χ3v) is 3.94. The average Bonchev–Trinajstić information content (AvgIpc) is 2.61. The summed E-state index contributed by atoms with van der Waals surface area (Å²) in [5.74, 6) is 1.47. The topological polar surface area (TPSA) is 22.3 Å². The summed E-state index contributed by atoms with van der Waals surface area (Å²) in [6.45, 7) is 0. The number of para-hydroxylation sites is 1. The number of rotatable bonds is 4. The second-order valence-electron chi connectivity index (χ2n) is 5.35. The van der Waals surface area contributed by atoms with Crippen molar-refractivity contribution in [1.82, 2.24) is 0 Å². The van der Waals surface area contributed by atoms with Crippen LogP contribution in [0, 0.1) is 0 Å². The Balaban J connectivity index is 0.00000208. The molecule has 0 fully saturated rings. The Morgan fingerprint density at radius 3 is 2.38 bits per heavy atom. The third kappa shape index (κ3) is 3.70. The maximum atomic E-state index is 5.35. The molecule has 0 atom stereocenters. The number of fused-ring (bicyclic) bond motifs is 1. The Kier molecular flexibility index (Phi) is 6.20. The van der Waals surface area contributed by atoms with Gasteiger partial charge in [0.25, 0.3) is 0 Å². The number of halogens is 1. The quantitative estimate of drug-likeness (QED) is 0.450. The molecule has 1 aromatic heterocycles. The van der Waals surface area contributed by atoms with Crippen LogP contribution < -0.4 is 38.0 Å². The molecule has 4 heteroatoms. The van der Waals surface area contributed by atoms with E-state index in [9.17, 15) is 0 Å². The highest BCUT2D eigenvalue weighted by molar-refractivity contribution is 5.88. The van der Waals surface area contributed by atoms with Crippen molar-refractivity contribution in [2.75, 3.05) is 14.2 Å². The van der Waals surface area contributed by atoms with Gasteiger partial charge < -0.3 is 33.5 Å². The summed E-state index contributed by atoms with van der Waals surface area (Å²) < 4.78 is 12.8. The zero-order valence-corrected chi connectivity index (χ0v) is 16.2. The normalized spacial score (nSPS) is 10.6. The van der Waals surface area contributed by atoms with Gasteiger partial charge in [0.2, 0.25) is 5.52 Å². The van der Waals surface area contributed by atoms with E-state index in [0.717, 1.165) is 17.1 Å². The standard InChI is InChI=1S/C20H20NO2.HI/c1-21-13-12-16(17-6-4-5-7-18(17)21)10-8-15-9-11-19(22-2)20(14-15)23-3;/h4-14H,1-3H3;1H/q+1;/p-1. The number of hydrogen-bond acceptors (Lipinski definition) is 2. The first-order chi connectivity index (χ1) is 11.2. The summed E-state index contributed by atoms with van der Waals surface area (Å²) in [5, 5.41) is 1.23. The van der Waals surface area contributed by atoms with E-state index >= 15 is 0 Å². The van der Waals surface area contributed by atoms with E-state index in [1.54, 1.807) is 14.2 Å².